The van der Waals surface area contributed by atoms with Gasteiger partial charge in [0.2, 0.25) is 5.91 Å². The number of amides is 1. The molecule has 3 nitrogen and oxygen atoms in total. The molecule has 1 heterocycles. The standard InChI is InChI=1S/C16H23ClN2O/c1-3-4-5-6-7-14(18-2)12-8-11-9-16(20)19-15(11)10-13(12)17/h8,10,14,18H,3-7,9H2,1-2H3,(H,19,20). The molecule has 0 radical (unpaired) electrons. The first-order valence-electron chi connectivity index (χ1n) is 7.45. The zero-order valence-electron chi connectivity index (χ0n) is 12.3. The molecule has 110 valence electrons. The molecule has 20 heavy (non-hydrogen) atoms. The van der Waals surface area contributed by atoms with Crippen LogP contribution in [-0.4, -0.2) is 13.0 Å². The van der Waals surface area contributed by atoms with Crippen LogP contribution in [0.25, 0.3) is 0 Å². The average molecular weight is 295 g/mol. The molecule has 0 spiro atoms. The maximum Gasteiger partial charge on any atom is 0.228 e. The van der Waals surface area contributed by atoms with E-state index >= 15 is 0 Å². The lowest BCUT2D eigenvalue weighted by Crippen LogP contribution is -2.17. The predicted molar refractivity (Wildman–Crippen MR) is 84.3 cm³/mol. The zero-order chi connectivity index (χ0) is 14.5. The molecule has 1 aliphatic rings. The van der Waals surface area contributed by atoms with Crippen molar-refractivity contribution in [2.45, 2.75) is 51.5 Å². The van der Waals surface area contributed by atoms with E-state index < -0.39 is 0 Å². The van der Waals surface area contributed by atoms with Crippen molar-refractivity contribution < 1.29 is 4.79 Å². The molecule has 0 aromatic heterocycles. The van der Waals surface area contributed by atoms with E-state index in [9.17, 15) is 4.79 Å². The van der Waals surface area contributed by atoms with Gasteiger partial charge in [0.15, 0.2) is 0 Å². The van der Waals surface area contributed by atoms with E-state index in [1.165, 1.54) is 25.7 Å². The van der Waals surface area contributed by atoms with Gasteiger partial charge >= 0.3 is 0 Å². The van der Waals surface area contributed by atoms with Gasteiger partial charge in [-0.3, -0.25) is 4.79 Å². The van der Waals surface area contributed by atoms with Crippen LogP contribution in [0.3, 0.4) is 0 Å². The van der Waals surface area contributed by atoms with Crippen molar-refractivity contribution in [1.29, 1.82) is 0 Å². The number of hydrogen-bond donors (Lipinski definition) is 2. The van der Waals surface area contributed by atoms with Gasteiger partial charge in [-0.15, -0.1) is 0 Å². The number of hydrogen-bond acceptors (Lipinski definition) is 2. The Labute approximate surface area is 126 Å². The fourth-order valence-corrected chi connectivity index (χ4v) is 3.06. The van der Waals surface area contributed by atoms with Gasteiger partial charge in [0.05, 0.1) is 6.42 Å². The molecule has 1 aromatic rings. The third-order valence-corrected chi connectivity index (χ3v) is 4.25. The lowest BCUT2D eigenvalue weighted by Gasteiger charge is -2.19. The van der Waals surface area contributed by atoms with Gasteiger partial charge in [0.25, 0.3) is 0 Å². The molecule has 2 rings (SSSR count). The summed E-state index contributed by atoms with van der Waals surface area (Å²) in [5.41, 5.74) is 3.04. The Hall–Kier alpha value is -1.06. The molecule has 0 bridgehead atoms. The Morgan fingerprint density at radius 2 is 2.15 bits per heavy atom. The van der Waals surface area contributed by atoms with Crippen LogP contribution in [-0.2, 0) is 11.2 Å². The van der Waals surface area contributed by atoms with Crippen LogP contribution in [0.1, 0.15) is 56.2 Å². The summed E-state index contributed by atoms with van der Waals surface area (Å²) in [6.45, 7) is 2.22. The first kappa shape index (κ1) is 15.3. The van der Waals surface area contributed by atoms with Gasteiger partial charge < -0.3 is 10.6 Å². The first-order valence-corrected chi connectivity index (χ1v) is 7.83. The van der Waals surface area contributed by atoms with E-state index in [4.69, 9.17) is 11.6 Å². The number of carbonyl (C=O) groups excluding carboxylic acids is 1. The molecule has 1 amide bonds. The fourth-order valence-electron chi connectivity index (χ4n) is 2.76. The van der Waals surface area contributed by atoms with Crippen LogP contribution in [0.2, 0.25) is 5.02 Å². The summed E-state index contributed by atoms with van der Waals surface area (Å²) in [4.78, 5) is 11.4. The van der Waals surface area contributed by atoms with Crippen molar-refractivity contribution in [2.75, 3.05) is 12.4 Å². The van der Waals surface area contributed by atoms with E-state index in [0.717, 1.165) is 28.3 Å². The minimum absolute atomic E-state index is 0.0529. The van der Waals surface area contributed by atoms with Crippen LogP contribution in [0.15, 0.2) is 12.1 Å². The second-order valence-electron chi connectivity index (χ2n) is 5.45. The quantitative estimate of drug-likeness (QED) is 0.745. The van der Waals surface area contributed by atoms with Gasteiger partial charge in [-0.2, -0.15) is 0 Å². The minimum atomic E-state index is 0.0529. The zero-order valence-corrected chi connectivity index (χ0v) is 13.0. The summed E-state index contributed by atoms with van der Waals surface area (Å²) in [6, 6.07) is 4.23. The summed E-state index contributed by atoms with van der Waals surface area (Å²) in [6.07, 6.45) is 6.54. The van der Waals surface area contributed by atoms with Gasteiger partial charge in [0, 0.05) is 16.8 Å². The normalized spacial score (nSPS) is 15.1. The molecule has 0 saturated carbocycles. The van der Waals surface area contributed by atoms with Crippen LogP contribution in [0, 0.1) is 0 Å². The molecular formula is C16H23ClN2O. The topological polar surface area (TPSA) is 41.1 Å². The molecule has 0 saturated heterocycles. The third-order valence-electron chi connectivity index (χ3n) is 3.92. The fraction of sp³-hybridized carbons (Fsp3) is 0.562. The van der Waals surface area contributed by atoms with Crippen LogP contribution in [0.4, 0.5) is 5.69 Å². The summed E-state index contributed by atoms with van der Waals surface area (Å²) in [5.74, 6) is 0.0529. The van der Waals surface area contributed by atoms with Crippen molar-refractivity contribution >= 4 is 23.2 Å². The maximum atomic E-state index is 11.4. The highest BCUT2D eigenvalue weighted by Gasteiger charge is 2.22. The smallest absolute Gasteiger partial charge is 0.228 e. The Bertz CT molecular complexity index is 488. The van der Waals surface area contributed by atoms with E-state index in [1.54, 1.807) is 0 Å². The van der Waals surface area contributed by atoms with Crippen molar-refractivity contribution in [3.8, 4) is 0 Å². The Morgan fingerprint density at radius 3 is 2.85 bits per heavy atom. The Balaban J connectivity index is 2.10. The lowest BCUT2D eigenvalue weighted by molar-refractivity contribution is -0.115. The Kier molecular flexibility index (Phi) is 5.44. The molecule has 2 N–H and O–H groups in total. The van der Waals surface area contributed by atoms with Crippen LogP contribution >= 0.6 is 11.6 Å². The number of unbranched alkanes of at least 4 members (excludes halogenated alkanes) is 3. The number of carbonyl (C=O) groups is 1. The van der Waals surface area contributed by atoms with Crippen molar-refractivity contribution in [3.63, 3.8) is 0 Å². The number of fused-ring (bicyclic) bond motifs is 1. The number of rotatable bonds is 7. The molecule has 1 atom stereocenters. The molecule has 0 aliphatic carbocycles. The second-order valence-corrected chi connectivity index (χ2v) is 5.85. The third kappa shape index (κ3) is 3.53. The van der Waals surface area contributed by atoms with E-state index in [2.05, 4.69) is 23.6 Å². The summed E-state index contributed by atoms with van der Waals surface area (Å²) in [5, 5.41) is 6.92. The monoisotopic (exact) mass is 294 g/mol. The molecule has 0 fully saturated rings. The summed E-state index contributed by atoms with van der Waals surface area (Å²) >= 11 is 6.38. The van der Waals surface area contributed by atoms with Gasteiger partial charge in [0.1, 0.15) is 0 Å². The number of halogens is 1. The van der Waals surface area contributed by atoms with Crippen LogP contribution in [0.5, 0.6) is 0 Å². The molecule has 4 heteroatoms. The van der Waals surface area contributed by atoms with E-state index in [1.807, 2.05) is 13.1 Å². The number of anilines is 1. The number of nitrogens with one attached hydrogen (secondary N) is 2. The Morgan fingerprint density at radius 1 is 1.35 bits per heavy atom. The van der Waals surface area contributed by atoms with Gasteiger partial charge in [-0.25, -0.2) is 0 Å². The largest absolute Gasteiger partial charge is 0.325 e. The lowest BCUT2D eigenvalue weighted by atomic mass is 9.97. The highest BCUT2D eigenvalue weighted by Crippen LogP contribution is 2.34. The van der Waals surface area contributed by atoms with Gasteiger partial charge in [-0.05, 0) is 30.7 Å². The molecule has 1 aliphatic heterocycles. The predicted octanol–water partition coefficient (Wildman–Crippen LogP) is 4.07. The molecule has 1 aromatic carbocycles. The van der Waals surface area contributed by atoms with Crippen molar-refractivity contribution in [1.82, 2.24) is 5.32 Å². The van der Waals surface area contributed by atoms with Crippen LogP contribution < -0.4 is 10.6 Å². The second kappa shape index (κ2) is 7.09. The van der Waals surface area contributed by atoms with Crippen molar-refractivity contribution in [3.05, 3.63) is 28.3 Å². The average Bonchev–Trinajstić information content (AvgIpc) is 2.77. The molecular weight excluding hydrogens is 272 g/mol. The highest BCUT2D eigenvalue weighted by molar-refractivity contribution is 6.32. The summed E-state index contributed by atoms with van der Waals surface area (Å²) < 4.78 is 0. The number of benzene rings is 1. The van der Waals surface area contributed by atoms with Crippen molar-refractivity contribution in [2.24, 2.45) is 0 Å². The minimum Gasteiger partial charge on any atom is -0.325 e. The highest BCUT2D eigenvalue weighted by atomic mass is 35.5. The maximum absolute atomic E-state index is 11.4. The summed E-state index contributed by atoms with van der Waals surface area (Å²) in [7, 11) is 1.97. The van der Waals surface area contributed by atoms with Gasteiger partial charge in [-0.1, -0.05) is 50.3 Å². The SMILES string of the molecule is CCCCCCC(NC)c1cc2c(cc1Cl)NC(=O)C2. The van der Waals surface area contributed by atoms with E-state index in [0.29, 0.717) is 6.42 Å². The molecule has 1 unspecified atom stereocenters. The first-order chi connectivity index (χ1) is 9.65. The van der Waals surface area contributed by atoms with E-state index in [-0.39, 0.29) is 11.9 Å².